The van der Waals surface area contributed by atoms with Crippen molar-refractivity contribution in [2.24, 2.45) is 5.41 Å². The zero-order chi connectivity index (χ0) is 20.1. The lowest BCUT2D eigenvalue weighted by molar-refractivity contribution is -0.00000657. The fourth-order valence-electron chi connectivity index (χ4n) is 3.37. The van der Waals surface area contributed by atoms with Crippen molar-refractivity contribution in [2.75, 3.05) is 12.3 Å². The Bertz CT molecular complexity index is 426. The molecule has 1 unspecified atom stereocenters. The van der Waals surface area contributed by atoms with Crippen LogP contribution in [0.25, 0.3) is 0 Å². The molecule has 5 heteroatoms. The first-order chi connectivity index (χ1) is 13.2. The molecule has 0 aliphatic heterocycles. The maximum absolute atomic E-state index is 8.94. The van der Waals surface area contributed by atoms with Crippen LogP contribution in [0.5, 0.6) is 0 Å². The third-order valence-corrected chi connectivity index (χ3v) is 7.00. The van der Waals surface area contributed by atoms with Crippen LogP contribution in [0.4, 0.5) is 0 Å². The van der Waals surface area contributed by atoms with Crippen molar-refractivity contribution >= 4 is 8.58 Å². The number of nitrogens with zero attached hydrogens (tertiary/aromatic N) is 3. The largest absolute Gasteiger partial charge is 1.00 e. The van der Waals surface area contributed by atoms with Crippen LogP contribution in [-0.4, -0.2) is 12.3 Å². The van der Waals surface area contributed by atoms with Gasteiger partial charge in [-0.2, -0.15) is 15.8 Å². The van der Waals surface area contributed by atoms with Gasteiger partial charge in [0.05, 0.1) is 6.16 Å². The molecule has 160 valence electrons. The molecule has 0 saturated heterocycles. The van der Waals surface area contributed by atoms with E-state index in [1.807, 2.05) is 18.2 Å². The zero-order valence-corrected chi connectivity index (χ0v) is 20.8. The molecule has 1 atom stereocenters. The Morgan fingerprint density at radius 2 is 0.893 bits per heavy atom. The summed E-state index contributed by atoms with van der Waals surface area (Å²) in [4.78, 5) is 0. The number of nitriles is 3. The molecule has 0 fully saturated rings. The molecule has 0 N–H and O–H groups in total. The number of rotatable bonds is 19. The highest BCUT2D eigenvalue weighted by Crippen LogP contribution is 2.26. The number of hydrogen-bond acceptors (Lipinski definition) is 3. The van der Waals surface area contributed by atoms with Gasteiger partial charge in [0.25, 0.3) is 5.41 Å². The summed E-state index contributed by atoms with van der Waals surface area (Å²) in [6.07, 6.45) is 23.6. The molecule has 0 bridgehead atoms. The minimum absolute atomic E-state index is 0. The number of halogens is 1. The van der Waals surface area contributed by atoms with E-state index in [-0.39, 0.29) is 25.6 Å². The van der Waals surface area contributed by atoms with Crippen molar-refractivity contribution in [1.29, 1.82) is 15.8 Å². The molecule has 28 heavy (non-hydrogen) atoms. The van der Waals surface area contributed by atoms with Crippen LogP contribution in [-0.2, 0) is 0 Å². The van der Waals surface area contributed by atoms with E-state index < -0.39 is 5.41 Å². The molecule has 0 spiro atoms. The molecule has 3 nitrogen and oxygen atoms in total. The molecule has 0 aromatic heterocycles. The average molecular weight is 470 g/mol. The summed E-state index contributed by atoms with van der Waals surface area (Å²) in [5.41, 5.74) is -1.38. The van der Waals surface area contributed by atoms with E-state index in [1.165, 1.54) is 103 Å². The molecule has 0 aromatic carbocycles. The van der Waals surface area contributed by atoms with Gasteiger partial charge in [-0.1, -0.05) is 96.8 Å². The third-order valence-electron chi connectivity index (χ3n) is 5.28. The summed E-state index contributed by atoms with van der Waals surface area (Å²) in [6, 6.07) is 5.61. The second-order valence-corrected chi connectivity index (χ2v) is 9.39. The molecule has 0 amide bonds. The maximum Gasteiger partial charge on any atom is 0.261 e. The summed E-state index contributed by atoms with van der Waals surface area (Å²) >= 11 is 0. The normalized spacial score (nSPS) is 10.9. The molecule has 0 radical (unpaired) electrons. The van der Waals surface area contributed by atoms with Crippen LogP contribution >= 0.6 is 8.58 Å². The van der Waals surface area contributed by atoms with Crippen LogP contribution in [0.2, 0.25) is 0 Å². The first kappa shape index (κ1) is 29.6. The lowest BCUT2D eigenvalue weighted by atomic mass is 9.97. The third kappa shape index (κ3) is 17.5. The van der Waals surface area contributed by atoms with Gasteiger partial charge >= 0.3 is 0 Å². The van der Waals surface area contributed by atoms with Gasteiger partial charge in [-0.25, -0.2) is 0 Å². The summed E-state index contributed by atoms with van der Waals surface area (Å²) in [5, 5.41) is 26.8. The topological polar surface area (TPSA) is 71.4 Å². The van der Waals surface area contributed by atoms with Crippen molar-refractivity contribution < 1.29 is 17.0 Å². The van der Waals surface area contributed by atoms with Gasteiger partial charge in [0.2, 0.25) is 0 Å². The van der Waals surface area contributed by atoms with E-state index >= 15 is 0 Å². The van der Waals surface area contributed by atoms with Gasteiger partial charge in [0, 0.05) is 0 Å². The quantitative estimate of drug-likeness (QED) is 0.210. The van der Waals surface area contributed by atoms with Crippen LogP contribution < -0.4 is 17.0 Å². The summed E-state index contributed by atoms with van der Waals surface area (Å²) < 4.78 is 0. The van der Waals surface area contributed by atoms with Crippen molar-refractivity contribution in [1.82, 2.24) is 0 Å². The highest BCUT2D eigenvalue weighted by atomic mass is 79.9. The van der Waals surface area contributed by atoms with Gasteiger partial charge in [-0.15, -0.1) is 0 Å². The van der Waals surface area contributed by atoms with Gasteiger partial charge in [0.15, 0.2) is 0 Å². The first-order valence-corrected chi connectivity index (χ1v) is 12.9. The molecule has 0 aliphatic carbocycles. The van der Waals surface area contributed by atoms with Gasteiger partial charge in [-0.3, -0.25) is 0 Å². The number of unbranched alkanes of at least 4 members (excludes halogenated alkanes) is 15. The van der Waals surface area contributed by atoms with Crippen LogP contribution in [0.15, 0.2) is 0 Å². The fraction of sp³-hybridized carbons (Fsp3) is 0.870. The molecule has 0 rings (SSSR count). The summed E-state index contributed by atoms with van der Waals surface area (Å²) in [7, 11) is 0.0448. The second kappa shape index (κ2) is 22.7. The van der Waals surface area contributed by atoms with E-state index in [9.17, 15) is 0 Å². The van der Waals surface area contributed by atoms with E-state index in [2.05, 4.69) is 6.92 Å². The molecular weight excluding hydrogens is 429 g/mol. The predicted molar refractivity (Wildman–Crippen MR) is 118 cm³/mol. The fourth-order valence-corrected chi connectivity index (χ4v) is 4.86. The standard InChI is InChI=1S/C23H40N3P.BrH/c1-2-3-4-5-6-7-8-9-10-11-12-13-14-15-16-17-18-27-22-23(19-24,20-25)21-26;/h27H,2-18,22H2,1H3;1H. The molecule has 0 aromatic rings. The maximum atomic E-state index is 8.94. The Morgan fingerprint density at radius 1 is 0.571 bits per heavy atom. The van der Waals surface area contributed by atoms with E-state index in [0.29, 0.717) is 6.16 Å². The van der Waals surface area contributed by atoms with E-state index in [0.717, 1.165) is 6.16 Å². The Balaban J connectivity index is 0. The molecule has 0 aliphatic rings. The smallest absolute Gasteiger partial charge is 0.261 e. The van der Waals surface area contributed by atoms with Crippen molar-refractivity contribution in [3.8, 4) is 18.2 Å². The Morgan fingerprint density at radius 3 is 1.21 bits per heavy atom. The molecular formula is C23H41BrN3P. The van der Waals surface area contributed by atoms with Crippen LogP contribution in [0.3, 0.4) is 0 Å². The first-order valence-electron chi connectivity index (χ1n) is 11.3. The van der Waals surface area contributed by atoms with Gasteiger partial charge in [-0.05, 0) is 21.4 Å². The minimum Gasteiger partial charge on any atom is -1.00 e. The van der Waals surface area contributed by atoms with Crippen LogP contribution in [0, 0.1) is 39.4 Å². The Kier molecular flexibility index (Phi) is 23.9. The summed E-state index contributed by atoms with van der Waals surface area (Å²) in [5.74, 6) is 0. The van der Waals surface area contributed by atoms with Gasteiger partial charge < -0.3 is 17.0 Å². The Hall–Kier alpha value is -0.620. The van der Waals surface area contributed by atoms with E-state index in [1.54, 1.807) is 0 Å². The minimum atomic E-state index is -1.38. The lowest BCUT2D eigenvalue weighted by Gasteiger charge is -2.04. The Labute approximate surface area is 186 Å². The SMILES string of the molecule is CCCCCCCCCCCCCCCCCC[PH2+]CC(C#N)(C#N)C#N.[Br-]. The van der Waals surface area contributed by atoms with E-state index in [4.69, 9.17) is 15.8 Å². The number of hydrogen-bond donors (Lipinski definition) is 0. The monoisotopic (exact) mass is 469 g/mol. The lowest BCUT2D eigenvalue weighted by Crippen LogP contribution is -3.00. The predicted octanol–water partition coefficient (Wildman–Crippen LogP) is 4.22. The average Bonchev–Trinajstić information content (AvgIpc) is 2.70. The second-order valence-electron chi connectivity index (χ2n) is 7.83. The molecule has 0 saturated carbocycles. The highest BCUT2D eigenvalue weighted by Gasteiger charge is 2.32. The molecule has 0 heterocycles. The van der Waals surface area contributed by atoms with Crippen molar-refractivity contribution in [2.45, 2.75) is 110 Å². The van der Waals surface area contributed by atoms with Crippen LogP contribution in [0.1, 0.15) is 110 Å². The van der Waals surface area contributed by atoms with Crippen molar-refractivity contribution in [3.63, 3.8) is 0 Å². The zero-order valence-electron chi connectivity index (χ0n) is 18.0. The highest BCUT2D eigenvalue weighted by molar-refractivity contribution is 7.38. The van der Waals surface area contributed by atoms with Gasteiger partial charge in [0.1, 0.15) is 24.4 Å². The van der Waals surface area contributed by atoms with Crippen molar-refractivity contribution in [3.05, 3.63) is 0 Å². The summed E-state index contributed by atoms with van der Waals surface area (Å²) in [6.45, 7) is 2.27.